The van der Waals surface area contributed by atoms with E-state index in [4.69, 9.17) is 9.15 Å². The van der Waals surface area contributed by atoms with Crippen molar-refractivity contribution >= 4 is 17.4 Å². The Hall–Kier alpha value is -3.02. The van der Waals surface area contributed by atoms with Gasteiger partial charge in [-0.15, -0.1) is 0 Å². The van der Waals surface area contributed by atoms with Gasteiger partial charge in [0.25, 0.3) is 11.8 Å². The van der Waals surface area contributed by atoms with Gasteiger partial charge in [-0.25, -0.2) is 0 Å². The molecule has 28 heavy (non-hydrogen) atoms. The highest BCUT2D eigenvalue weighted by atomic mass is 16.5. The van der Waals surface area contributed by atoms with Crippen molar-refractivity contribution in [3.8, 4) is 5.75 Å². The lowest BCUT2D eigenvalue weighted by molar-refractivity contribution is -0.138. The van der Waals surface area contributed by atoms with Gasteiger partial charge in [-0.05, 0) is 56.0 Å². The number of hydrogen-bond acceptors (Lipinski definition) is 5. The van der Waals surface area contributed by atoms with Crippen molar-refractivity contribution in [2.45, 2.75) is 32.7 Å². The second-order valence-electron chi connectivity index (χ2n) is 7.00. The standard InChI is InChI=1S/C22H24N2O4/c1-2-27-17-10-8-16(9-11-17)19-20(23-12-4-3-5-13-23)22(26)24(21(19)25)15-18-7-6-14-28-18/h6-11,14H,2-5,12-13,15H2,1H3. The summed E-state index contributed by atoms with van der Waals surface area (Å²) in [6.07, 6.45) is 4.76. The Morgan fingerprint density at radius 1 is 1.00 bits per heavy atom. The third-order valence-corrected chi connectivity index (χ3v) is 5.16. The lowest BCUT2D eigenvalue weighted by atomic mass is 10.0. The fourth-order valence-corrected chi connectivity index (χ4v) is 3.82. The molecule has 4 rings (SSSR count). The van der Waals surface area contributed by atoms with Gasteiger partial charge < -0.3 is 14.1 Å². The molecule has 1 saturated heterocycles. The van der Waals surface area contributed by atoms with Gasteiger partial charge in [-0.3, -0.25) is 14.5 Å². The largest absolute Gasteiger partial charge is 0.494 e. The number of likely N-dealkylation sites (tertiary alicyclic amines) is 1. The molecular weight excluding hydrogens is 356 g/mol. The number of imide groups is 1. The van der Waals surface area contributed by atoms with Crippen molar-refractivity contribution in [3.05, 3.63) is 59.7 Å². The van der Waals surface area contributed by atoms with Gasteiger partial charge in [0.2, 0.25) is 0 Å². The molecule has 0 unspecified atom stereocenters. The fraction of sp³-hybridized carbons (Fsp3) is 0.364. The minimum Gasteiger partial charge on any atom is -0.494 e. The van der Waals surface area contributed by atoms with E-state index in [1.165, 1.54) is 4.90 Å². The summed E-state index contributed by atoms with van der Waals surface area (Å²) >= 11 is 0. The van der Waals surface area contributed by atoms with Crippen molar-refractivity contribution in [1.29, 1.82) is 0 Å². The van der Waals surface area contributed by atoms with E-state index in [-0.39, 0.29) is 18.4 Å². The molecule has 0 radical (unpaired) electrons. The molecule has 6 heteroatoms. The molecule has 0 saturated carbocycles. The number of piperidine rings is 1. The second kappa shape index (κ2) is 7.92. The first-order valence-electron chi connectivity index (χ1n) is 9.80. The van der Waals surface area contributed by atoms with Crippen LogP contribution in [0.25, 0.3) is 5.57 Å². The summed E-state index contributed by atoms with van der Waals surface area (Å²) in [6, 6.07) is 10.9. The quantitative estimate of drug-likeness (QED) is 0.719. The van der Waals surface area contributed by atoms with E-state index >= 15 is 0 Å². The third kappa shape index (κ3) is 3.42. The Kier molecular flexibility index (Phi) is 5.19. The zero-order valence-corrected chi connectivity index (χ0v) is 16.0. The molecule has 0 aliphatic carbocycles. The van der Waals surface area contributed by atoms with Crippen LogP contribution in [-0.2, 0) is 16.1 Å². The van der Waals surface area contributed by atoms with Crippen LogP contribution >= 0.6 is 0 Å². The van der Waals surface area contributed by atoms with Crippen LogP contribution in [0.15, 0.2) is 52.8 Å². The van der Waals surface area contributed by atoms with Gasteiger partial charge in [0.05, 0.1) is 25.0 Å². The van der Waals surface area contributed by atoms with Crippen LogP contribution in [0.4, 0.5) is 0 Å². The normalized spacial score (nSPS) is 17.6. The summed E-state index contributed by atoms with van der Waals surface area (Å²) in [5.41, 5.74) is 1.73. The topological polar surface area (TPSA) is 63.0 Å². The Morgan fingerprint density at radius 3 is 2.39 bits per heavy atom. The number of ether oxygens (including phenoxy) is 1. The van der Waals surface area contributed by atoms with Crippen LogP contribution in [0.5, 0.6) is 5.75 Å². The predicted molar refractivity (Wildman–Crippen MR) is 104 cm³/mol. The molecule has 0 atom stereocenters. The highest BCUT2D eigenvalue weighted by Gasteiger charge is 2.42. The first-order chi connectivity index (χ1) is 13.7. The lowest BCUT2D eigenvalue weighted by Crippen LogP contribution is -2.36. The van der Waals surface area contributed by atoms with Crippen LogP contribution in [0.3, 0.4) is 0 Å². The summed E-state index contributed by atoms with van der Waals surface area (Å²) < 4.78 is 10.9. The fourth-order valence-electron chi connectivity index (χ4n) is 3.82. The Bertz CT molecular complexity index is 878. The second-order valence-corrected chi connectivity index (χ2v) is 7.00. The molecule has 1 aromatic heterocycles. The van der Waals surface area contributed by atoms with E-state index in [9.17, 15) is 9.59 Å². The minimum absolute atomic E-state index is 0.141. The highest BCUT2D eigenvalue weighted by Crippen LogP contribution is 2.34. The number of carbonyl (C=O) groups is 2. The maximum Gasteiger partial charge on any atom is 0.278 e. The Balaban J connectivity index is 1.71. The third-order valence-electron chi connectivity index (χ3n) is 5.16. The zero-order valence-electron chi connectivity index (χ0n) is 16.0. The van der Waals surface area contributed by atoms with Crippen LogP contribution in [-0.4, -0.2) is 41.3 Å². The Labute approximate surface area is 164 Å². The molecule has 2 aliphatic heterocycles. The average molecular weight is 380 g/mol. The molecule has 0 bridgehead atoms. The van der Waals surface area contributed by atoms with E-state index < -0.39 is 0 Å². The van der Waals surface area contributed by atoms with E-state index in [0.29, 0.717) is 23.6 Å². The SMILES string of the molecule is CCOc1ccc(C2=C(N3CCCCC3)C(=O)N(Cc3ccco3)C2=O)cc1. The van der Waals surface area contributed by atoms with Gasteiger partial charge in [-0.2, -0.15) is 0 Å². The summed E-state index contributed by atoms with van der Waals surface area (Å²) in [4.78, 5) is 29.8. The van der Waals surface area contributed by atoms with Crippen LogP contribution in [0.1, 0.15) is 37.5 Å². The van der Waals surface area contributed by atoms with E-state index in [2.05, 4.69) is 4.90 Å². The number of rotatable bonds is 6. The first-order valence-corrected chi connectivity index (χ1v) is 9.80. The lowest BCUT2D eigenvalue weighted by Gasteiger charge is -2.29. The number of carbonyl (C=O) groups excluding carboxylic acids is 2. The number of nitrogens with zero attached hydrogens (tertiary/aromatic N) is 2. The van der Waals surface area contributed by atoms with Gasteiger partial charge in [0.1, 0.15) is 17.2 Å². The number of furan rings is 1. The first kappa shape index (κ1) is 18.3. The molecule has 2 aromatic rings. The zero-order chi connectivity index (χ0) is 19.5. The summed E-state index contributed by atoms with van der Waals surface area (Å²) in [5, 5.41) is 0. The summed E-state index contributed by atoms with van der Waals surface area (Å²) in [6.45, 7) is 4.24. The van der Waals surface area contributed by atoms with Gasteiger partial charge in [-0.1, -0.05) is 12.1 Å². The van der Waals surface area contributed by atoms with Gasteiger partial charge in [0.15, 0.2) is 0 Å². The smallest absolute Gasteiger partial charge is 0.278 e. The molecule has 3 heterocycles. The molecule has 146 valence electrons. The van der Waals surface area contributed by atoms with Crippen molar-refractivity contribution in [1.82, 2.24) is 9.80 Å². The summed E-state index contributed by atoms with van der Waals surface area (Å²) in [7, 11) is 0. The summed E-state index contributed by atoms with van der Waals surface area (Å²) in [5.74, 6) is 0.821. The van der Waals surface area contributed by atoms with E-state index in [1.807, 2.05) is 31.2 Å². The van der Waals surface area contributed by atoms with Crippen molar-refractivity contribution in [2.75, 3.05) is 19.7 Å². The average Bonchev–Trinajstić information content (AvgIpc) is 3.32. The minimum atomic E-state index is -0.272. The number of amides is 2. The maximum absolute atomic E-state index is 13.3. The van der Waals surface area contributed by atoms with Crippen LogP contribution in [0.2, 0.25) is 0 Å². The molecule has 2 amide bonds. The monoisotopic (exact) mass is 380 g/mol. The van der Waals surface area contributed by atoms with Crippen molar-refractivity contribution < 1.29 is 18.7 Å². The Morgan fingerprint density at radius 2 is 1.75 bits per heavy atom. The number of benzene rings is 1. The van der Waals surface area contributed by atoms with E-state index in [0.717, 1.165) is 43.7 Å². The molecule has 1 aromatic carbocycles. The van der Waals surface area contributed by atoms with Gasteiger partial charge >= 0.3 is 0 Å². The van der Waals surface area contributed by atoms with Crippen molar-refractivity contribution in [2.24, 2.45) is 0 Å². The molecule has 0 N–H and O–H groups in total. The van der Waals surface area contributed by atoms with E-state index in [1.54, 1.807) is 18.4 Å². The van der Waals surface area contributed by atoms with Gasteiger partial charge in [0, 0.05) is 13.1 Å². The van der Waals surface area contributed by atoms with Crippen LogP contribution < -0.4 is 4.74 Å². The van der Waals surface area contributed by atoms with Crippen molar-refractivity contribution in [3.63, 3.8) is 0 Å². The molecular formula is C22H24N2O4. The number of hydrogen-bond donors (Lipinski definition) is 0. The molecule has 1 fully saturated rings. The maximum atomic E-state index is 13.3. The molecule has 2 aliphatic rings. The molecule has 6 nitrogen and oxygen atoms in total. The highest BCUT2D eigenvalue weighted by molar-refractivity contribution is 6.35. The molecule has 0 spiro atoms. The predicted octanol–water partition coefficient (Wildman–Crippen LogP) is 3.44. The van der Waals surface area contributed by atoms with Crippen LogP contribution in [0, 0.1) is 0 Å².